The second-order valence-corrected chi connectivity index (χ2v) is 4.09. The lowest BCUT2D eigenvalue weighted by atomic mass is 10.1. The molecule has 0 fully saturated rings. The van der Waals surface area contributed by atoms with Crippen LogP contribution in [0.25, 0.3) is 21.8 Å². The number of hydrogen-bond donors (Lipinski definition) is 1. The molecular formula is C14H10N2O3. The van der Waals surface area contributed by atoms with E-state index in [1.165, 1.54) is 13.3 Å². The molecular weight excluding hydrogens is 244 g/mol. The van der Waals surface area contributed by atoms with Crippen molar-refractivity contribution in [2.24, 2.45) is 0 Å². The number of H-pyrrole nitrogens is 1. The largest absolute Gasteiger partial charge is 0.465 e. The highest BCUT2D eigenvalue weighted by atomic mass is 16.5. The summed E-state index contributed by atoms with van der Waals surface area (Å²) in [6.07, 6.45) is 3.03. The summed E-state index contributed by atoms with van der Waals surface area (Å²) >= 11 is 0. The standard InChI is InChI=1S/C14H10N2O3/c1-19-14(18)10-7-16-12-9(13(10)17)5-4-8-3-2-6-15-11(8)12/h2-7H,1H3,(H,16,17). The van der Waals surface area contributed by atoms with Gasteiger partial charge >= 0.3 is 5.97 Å². The molecule has 3 aromatic rings. The van der Waals surface area contributed by atoms with Crippen LogP contribution in [0.3, 0.4) is 0 Å². The molecule has 0 unspecified atom stereocenters. The van der Waals surface area contributed by atoms with Crippen molar-refractivity contribution in [2.45, 2.75) is 0 Å². The lowest BCUT2D eigenvalue weighted by Gasteiger charge is -2.04. The molecule has 94 valence electrons. The van der Waals surface area contributed by atoms with E-state index in [0.29, 0.717) is 16.4 Å². The first-order valence-corrected chi connectivity index (χ1v) is 5.70. The van der Waals surface area contributed by atoms with E-state index in [4.69, 9.17) is 0 Å². The number of aromatic nitrogens is 2. The zero-order valence-corrected chi connectivity index (χ0v) is 10.1. The van der Waals surface area contributed by atoms with Gasteiger partial charge in [0.15, 0.2) is 0 Å². The van der Waals surface area contributed by atoms with Crippen LogP contribution in [0, 0.1) is 0 Å². The molecule has 0 radical (unpaired) electrons. The minimum absolute atomic E-state index is 0.00900. The highest BCUT2D eigenvalue weighted by molar-refractivity contribution is 6.04. The third kappa shape index (κ3) is 1.67. The average molecular weight is 254 g/mol. The van der Waals surface area contributed by atoms with Crippen LogP contribution in [-0.4, -0.2) is 23.0 Å². The Balaban J connectivity index is 2.43. The Labute approximate surface area is 107 Å². The summed E-state index contributed by atoms with van der Waals surface area (Å²) in [5.74, 6) is -0.649. The molecule has 0 spiro atoms. The van der Waals surface area contributed by atoms with Crippen LogP contribution in [0.2, 0.25) is 0 Å². The normalized spacial score (nSPS) is 10.8. The van der Waals surface area contributed by atoms with E-state index in [1.807, 2.05) is 12.1 Å². The Bertz CT molecular complexity index is 852. The van der Waals surface area contributed by atoms with Crippen LogP contribution in [0.4, 0.5) is 0 Å². The Morgan fingerprint density at radius 1 is 1.32 bits per heavy atom. The van der Waals surface area contributed by atoms with E-state index in [0.717, 1.165) is 5.39 Å². The average Bonchev–Trinajstić information content (AvgIpc) is 2.46. The topological polar surface area (TPSA) is 72.1 Å². The smallest absolute Gasteiger partial charge is 0.343 e. The molecule has 5 heteroatoms. The molecule has 0 bridgehead atoms. The van der Waals surface area contributed by atoms with Gasteiger partial charge in [0.05, 0.1) is 18.1 Å². The Morgan fingerprint density at radius 2 is 2.16 bits per heavy atom. The summed E-state index contributed by atoms with van der Waals surface area (Å²) < 4.78 is 4.58. The van der Waals surface area contributed by atoms with Crippen LogP contribution in [0.5, 0.6) is 0 Å². The van der Waals surface area contributed by atoms with Gasteiger partial charge in [-0.15, -0.1) is 0 Å². The Morgan fingerprint density at radius 3 is 2.95 bits per heavy atom. The first kappa shape index (κ1) is 11.4. The van der Waals surface area contributed by atoms with Gasteiger partial charge in [-0.3, -0.25) is 9.78 Å². The van der Waals surface area contributed by atoms with Crippen LogP contribution in [0.15, 0.2) is 41.5 Å². The molecule has 1 aromatic carbocycles. The van der Waals surface area contributed by atoms with Crippen molar-refractivity contribution in [2.75, 3.05) is 7.11 Å². The highest BCUT2D eigenvalue weighted by Gasteiger charge is 2.14. The predicted octanol–water partition coefficient (Wildman–Crippen LogP) is 1.86. The number of fused-ring (bicyclic) bond motifs is 3. The number of benzene rings is 1. The van der Waals surface area contributed by atoms with Crippen LogP contribution in [0.1, 0.15) is 10.4 Å². The molecule has 0 atom stereocenters. The molecule has 19 heavy (non-hydrogen) atoms. The zero-order valence-electron chi connectivity index (χ0n) is 10.1. The molecule has 3 rings (SSSR count). The number of nitrogens with zero attached hydrogens (tertiary/aromatic N) is 1. The van der Waals surface area contributed by atoms with E-state index >= 15 is 0 Å². The summed E-state index contributed by atoms with van der Waals surface area (Å²) in [5.41, 5.74) is 0.961. The molecule has 0 aliphatic rings. The van der Waals surface area contributed by atoms with Gasteiger partial charge in [-0.25, -0.2) is 4.79 Å². The summed E-state index contributed by atoms with van der Waals surface area (Å²) in [7, 11) is 1.24. The summed E-state index contributed by atoms with van der Waals surface area (Å²) in [5, 5.41) is 1.35. The van der Waals surface area contributed by atoms with Crippen LogP contribution in [-0.2, 0) is 4.74 Å². The van der Waals surface area contributed by atoms with Crippen molar-refractivity contribution >= 4 is 27.8 Å². The fourth-order valence-electron chi connectivity index (χ4n) is 2.10. The highest BCUT2D eigenvalue weighted by Crippen LogP contribution is 2.19. The maximum absolute atomic E-state index is 12.2. The van der Waals surface area contributed by atoms with E-state index < -0.39 is 5.97 Å². The fraction of sp³-hybridized carbons (Fsp3) is 0.0714. The SMILES string of the molecule is COC(=O)c1c[nH]c2c(ccc3cccnc32)c1=O. The molecule has 2 heterocycles. The number of carbonyl (C=O) groups is 1. The van der Waals surface area contributed by atoms with Crippen molar-refractivity contribution in [3.63, 3.8) is 0 Å². The lowest BCUT2D eigenvalue weighted by molar-refractivity contribution is 0.0599. The Hall–Kier alpha value is -2.69. The van der Waals surface area contributed by atoms with Gasteiger partial charge < -0.3 is 9.72 Å². The molecule has 0 aliphatic heterocycles. The first-order valence-electron chi connectivity index (χ1n) is 5.70. The minimum atomic E-state index is -0.649. The lowest BCUT2D eigenvalue weighted by Crippen LogP contribution is -2.17. The number of carbonyl (C=O) groups excluding carboxylic acids is 1. The van der Waals surface area contributed by atoms with Gasteiger partial charge in [0.2, 0.25) is 5.43 Å². The van der Waals surface area contributed by atoms with Crippen molar-refractivity contribution < 1.29 is 9.53 Å². The monoisotopic (exact) mass is 254 g/mol. The first-order chi connectivity index (χ1) is 9.22. The summed E-state index contributed by atoms with van der Waals surface area (Å²) in [6.45, 7) is 0. The number of aromatic amines is 1. The Kier molecular flexibility index (Phi) is 2.52. The fourth-order valence-corrected chi connectivity index (χ4v) is 2.10. The predicted molar refractivity (Wildman–Crippen MR) is 71.2 cm³/mol. The van der Waals surface area contributed by atoms with Gasteiger partial charge in [-0.05, 0) is 12.1 Å². The molecule has 0 amide bonds. The van der Waals surface area contributed by atoms with E-state index in [9.17, 15) is 9.59 Å². The number of nitrogens with one attached hydrogen (secondary N) is 1. The number of methoxy groups -OCH3 is 1. The molecule has 0 saturated heterocycles. The number of rotatable bonds is 1. The second kappa shape index (κ2) is 4.20. The van der Waals surface area contributed by atoms with Gasteiger partial charge in [-0.2, -0.15) is 0 Å². The number of hydrogen-bond acceptors (Lipinski definition) is 4. The van der Waals surface area contributed by atoms with Crippen molar-refractivity contribution in [1.82, 2.24) is 9.97 Å². The summed E-state index contributed by atoms with van der Waals surface area (Å²) in [6, 6.07) is 7.23. The number of ether oxygens (including phenoxy) is 1. The maximum Gasteiger partial charge on any atom is 0.343 e. The number of pyridine rings is 2. The van der Waals surface area contributed by atoms with Crippen molar-refractivity contribution in [3.05, 3.63) is 52.4 Å². The number of esters is 1. The third-order valence-electron chi connectivity index (χ3n) is 3.03. The molecule has 2 aromatic heterocycles. The van der Waals surface area contributed by atoms with Gasteiger partial charge in [0.1, 0.15) is 5.56 Å². The van der Waals surface area contributed by atoms with Gasteiger partial charge in [-0.1, -0.05) is 12.1 Å². The van der Waals surface area contributed by atoms with E-state index in [2.05, 4.69) is 14.7 Å². The van der Waals surface area contributed by atoms with E-state index in [-0.39, 0.29) is 11.0 Å². The molecule has 0 aliphatic carbocycles. The zero-order chi connectivity index (χ0) is 13.4. The van der Waals surface area contributed by atoms with E-state index in [1.54, 1.807) is 18.3 Å². The third-order valence-corrected chi connectivity index (χ3v) is 3.03. The van der Waals surface area contributed by atoms with Crippen molar-refractivity contribution in [1.29, 1.82) is 0 Å². The molecule has 0 saturated carbocycles. The quantitative estimate of drug-likeness (QED) is 0.531. The van der Waals surface area contributed by atoms with Crippen molar-refractivity contribution in [3.8, 4) is 0 Å². The minimum Gasteiger partial charge on any atom is -0.465 e. The second-order valence-electron chi connectivity index (χ2n) is 4.09. The van der Waals surface area contributed by atoms with Crippen LogP contribution < -0.4 is 5.43 Å². The van der Waals surface area contributed by atoms with Gasteiger partial charge in [0, 0.05) is 23.2 Å². The maximum atomic E-state index is 12.2. The molecule has 5 nitrogen and oxygen atoms in total. The van der Waals surface area contributed by atoms with Gasteiger partial charge in [0.25, 0.3) is 0 Å². The molecule has 1 N–H and O–H groups in total. The summed E-state index contributed by atoms with van der Waals surface area (Å²) in [4.78, 5) is 30.9. The van der Waals surface area contributed by atoms with Crippen LogP contribution >= 0.6 is 0 Å².